The van der Waals surface area contributed by atoms with E-state index >= 15 is 0 Å². The molecule has 28 heavy (non-hydrogen) atoms. The highest BCUT2D eigenvalue weighted by molar-refractivity contribution is 7.98. The number of tetrazole rings is 1. The van der Waals surface area contributed by atoms with E-state index in [0.717, 1.165) is 16.7 Å². The lowest BCUT2D eigenvalue weighted by atomic mass is 9.98. The number of nitrogens with one attached hydrogen (secondary N) is 1. The lowest BCUT2D eigenvalue weighted by Crippen LogP contribution is -2.14. The second kappa shape index (κ2) is 6.96. The minimum Gasteiger partial charge on any atom is -0.338 e. The van der Waals surface area contributed by atoms with Gasteiger partial charge in [-0.3, -0.25) is 5.14 Å². The monoisotopic (exact) mass is 396 g/mol. The van der Waals surface area contributed by atoms with Gasteiger partial charge in [-0.05, 0) is 28.3 Å². The Kier molecular flexibility index (Phi) is 4.47. The first-order valence-electron chi connectivity index (χ1n) is 8.12. The number of nitrogens with zero attached hydrogens (tertiary/aromatic N) is 5. The largest absolute Gasteiger partial charge is 0.338 e. The van der Waals surface area contributed by atoms with Crippen molar-refractivity contribution in [2.24, 2.45) is 10.9 Å². The zero-order valence-corrected chi connectivity index (χ0v) is 15.4. The third kappa shape index (κ3) is 3.29. The number of hydrogen-bond acceptors (Lipinski definition) is 8. The Morgan fingerprint density at radius 3 is 2.46 bits per heavy atom. The zero-order valence-electron chi connectivity index (χ0n) is 14.6. The van der Waals surface area contributed by atoms with E-state index in [-0.39, 0.29) is 12.4 Å². The minimum absolute atomic E-state index is 0.176. The van der Waals surface area contributed by atoms with E-state index in [1.807, 2.05) is 30.3 Å². The molecule has 0 aliphatic rings. The van der Waals surface area contributed by atoms with Crippen molar-refractivity contribution in [2.75, 3.05) is 0 Å². The first kappa shape index (κ1) is 18.0. The van der Waals surface area contributed by atoms with Gasteiger partial charge in [0.1, 0.15) is 0 Å². The van der Waals surface area contributed by atoms with Crippen molar-refractivity contribution in [3.8, 4) is 33.9 Å². The van der Waals surface area contributed by atoms with Gasteiger partial charge in [-0.15, -0.1) is 10.2 Å². The molecule has 0 aliphatic carbocycles. The van der Waals surface area contributed by atoms with Crippen molar-refractivity contribution in [1.82, 2.24) is 30.8 Å². The van der Waals surface area contributed by atoms with Crippen molar-refractivity contribution in [3.05, 3.63) is 48.4 Å². The number of H-pyrrole nitrogens is 1. The van der Waals surface area contributed by atoms with Crippen LogP contribution in [0.5, 0.6) is 0 Å². The molecule has 10 nitrogen and oxygen atoms in total. The normalized spacial score (nSPS) is 13.4. The van der Waals surface area contributed by atoms with E-state index in [0.29, 0.717) is 22.2 Å². The number of aromatic amines is 1. The Labute approximate surface area is 160 Å². The van der Waals surface area contributed by atoms with Crippen LogP contribution in [0.4, 0.5) is 0 Å². The van der Waals surface area contributed by atoms with E-state index in [4.69, 9.17) is 15.4 Å². The van der Waals surface area contributed by atoms with Crippen molar-refractivity contribution in [3.63, 3.8) is 0 Å². The average molecular weight is 396 g/mol. The maximum absolute atomic E-state index is 12.5. The fourth-order valence-electron chi connectivity index (χ4n) is 2.81. The van der Waals surface area contributed by atoms with Crippen LogP contribution < -0.4 is 10.9 Å². The summed E-state index contributed by atoms with van der Waals surface area (Å²) >= 11 is 0. The Hall–Kier alpha value is -3.41. The van der Waals surface area contributed by atoms with Gasteiger partial charge in [0.2, 0.25) is 17.5 Å². The third-order valence-electron chi connectivity index (χ3n) is 4.06. The highest BCUT2D eigenvalue weighted by Crippen LogP contribution is 2.35. The van der Waals surface area contributed by atoms with Crippen LogP contribution >= 0.6 is 0 Å². The van der Waals surface area contributed by atoms with Gasteiger partial charge in [0.25, 0.3) is 0 Å². The van der Waals surface area contributed by atoms with Gasteiger partial charge in [0.05, 0.1) is 21.1 Å². The zero-order chi connectivity index (χ0) is 19.7. The molecule has 142 valence electrons. The Bertz CT molecular complexity index is 1210. The highest BCUT2D eigenvalue weighted by atomic mass is 32.2. The molecule has 4 rings (SSSR count). The summed E-state index contributed by atoms with van der Waals surface area (Å²) in [6.07, 6.45) is 0. The minimum atomic E-state index is -3.01. The number of aromatic nitrogens is 6. The molecule has 0 fully saturated rings. The summed E-state index contributed by atoms with van der Waals surface area (Å²) in [4.78, 5) is 4.56. The first-order chi connectivity index (χ1) is 13.5. The topological polar surface area (TPSA) is 162 Å². The molecule has 0 amide bonds. The van der Waals surface area contributed by atoms with E-state index in [1.54, 1.807) is 12.1 Å². The van der Waals surface area contributed by atoms with Crippen LogP contribution in [0, 0.1) is 0 Å². The molecule has 0 saturated heterocycles. The lowest BCUT2D eigenvalue weighted by molar-refractivity contribution is 0.380. The lowest BCUT2D eigenvalue weighted by Gasteiger charge is -2.13. The molecule has 0 spiro atoms. The van der Waals surface area contributed by atoms with Crippen LogP contribution in [0.15, 0.2) is 51.9 Å². The molecule has 0 radical (unpaired) electrons. The number of nitrogens with two attached hydrogens (primary N) is 2. The summed E-state index contributed by atoms with van der Waals surface area (Å²) in [5, 5.41) is 23.8. The van der Waals surface area contributed by atoms with Gasteiger partial charge in [0.15, 0.2) is 0 Å². The molecular weight excluding hydrogens is 380 g/mol. The fourth-order valence-corrected chi connectivity index (χ4v) is 3.67. The van der Waals surface area contributed by atoms with Gasteiger partial charge < -0.3 is 10.3 Å². The van der Waals surface area contributed by atoms with Gasteiger partial charge in [-0.25, -0.2) is 4.21 Å². The number of hydrogen-bond donors (Lipinski definition) is 3. The Morgan fingerprint density at radius 1 is 1.11 bits per heavy atom. The summed E-state index contributed by atoms with van der Waals surface area (Å²) in [6.45, 7) is 0.176. The molecule has 1 unspecified atom stereocenters. The predicted octanol–water partition coefficient (Wildman–Crippen LogP) is 0.991. The Balaban J connectivity index is 1.83. The van der Waals surface area contributed by atoms with Crippen LogP contribution in [0.1, 0.15) is 5.89 Å². The van der Waals surface area contributed by atoms with Crippen molar-refractivity contribution in [2.45, 2.75) is 11.4 Å². The van der Waals surface area contributed by atoms with E-state index in [1.165, 1.54) is 0 Å². The summed E-state index contributed by atoms with van der Waals surface area (Å²) in [6, 6.07) is 12.7. The van der Waals surface area contributed by atoms with Crippen LogP contribution in [-0.4, -0.2) is 40.8 Å². The number of rotatable bonds is 5. The SMILES string of the molecule is C=S(N)(=O)c1cccc(-c2ccc(-c3noc(CN)n3)cc2)c1-c1nn[nH]n1. The van der Waals surface area contributed by atoms with Gasteiger partial charge in [-0.1, -0.05) is 41.6 Å². The quantitative estimate of drug-likeness (QED) is 0.420. The average Bonchev–Trinajstić information content (AvgIpc) is 3.39. The smallest absolute Gasteiger partial charge is 0.240 e. The fraction of sp³-hybridized carbons (Fsp3) is 0.0588. The van der Waals surface area contributed by atoms with Gasteiger partial charge in [0, 0.05) is 11.1 Å². The predicted molar refractivity (Wildman–Crippen MR) is 104 cm³/mol. The van der Waals surface area contributed by atoms with E-state index in [2.05, 4.69) is 36.6 Å². The highest BCUT2D eigenvalue weighted by Gasteiger charge is 2.20. The molecule has 0 bridgehead atoms. The van der Waals surface area contributed by atoms with E-state index < -0.39 is 9.71 Å². The molecule has 2 aromatic carbocycles. The first-order valence-corrected chi connectivity index (χ1v) is 9.91. The molecule has 0 aliphatic heterocycles. The Morgan fingerprint density at radius 2 is 1.86 bits per heavy atom. The van der Waals surface area contributed by atoms with Crippen LogP contribution in [0.25, 0.3) is 33.9 Å². The third-order valence-corrected chi connectivity index (χ3v) is 5.15. The van der Waals surface area contributed by atoms with Crippen molar-refractivity contribution in [1.29, 1.82) is 0 Å². The summed E-state index contributed by atoms with van der Waals surface area (Å²) in [7, 11) is -3.01. The second-order valence-corrected chi connectivity index (χ2v) is 7.83. The molecule has 0 saturated carbocycles. The van der Waals surface area contributed by atoms with Gasteiger partial charge in [-0.2, -0.15) is 10.2 Å². The number of benzene rings is 2. The van der Waals surface area contributed by atoms with Crippen LogP contribution in [0.3, 0.4) is 0 Å². The maximum Gasteiger partial charge on any atom is 0.240 e. The van der Waals surface area contributed by atoms with Crippen LogP contribution in [0.2, 0.25) is 0 Å². The molecule has 1 atom stereocenters. The molecule has 5 N–H and O–H groups in total. The molecule has 11 heteroatoms. The summed E-state index contributed by atoms with van der Waals surface area (Å²) in [5.74, 6) is 4.68. The molecule has 4 aromatic rings. The summed E-state index contributed by atoms with van der Waals surface area (Å²) in [5.41, 5.74) is 8.35. The van der Waals surface area contributed by atoms with Crippen molar-refractivity contribution >= 4 is 15.6 Å². The van der Waals surface area contributed by atoms with Crippen molar-refractivity contribution < 1.29 is 8.73 Å². The standard InChI is InChI=1S/C17H16N8O2S/c1-28(19,26)13-4-2-3-12(15(13)17-21-24-25-22-17)10-5-7-11(8-6-10)16-20-14(9-18)27-23-16/h2-8H,1,9,18H2,(H2,19,26)(H,21,22,24,25). The second-order valence-electron chi connectivity index (χ2n) is 5.93. The van der Waals surface area contributed by atoms with E-state index in [9.17, 15) is 4.21 Å². The molecule has 2 aromatic heterocycles. The molecule has 2 heterocycles. The van der Waals surface area contributed by atoms with Crippen LogP contribution in [-0.2, 0) is 16.3 Å². The van der Waals surface area contributed by atoms with Gasteiger partial charge >= 0.3 is 0 Å². The maximum atomic E-state index is 12.5. The summed E-state index contributed by atoms with van der Waals surface area (Å²) < 4.78 is 17.5. The molecular formula is C17H16N8O2S.